The molecular weight excluding hydrogens is 953 g/mol. The third kappa shape index (κ3) is 18.3. The van der Waals surface area contributed by atoms with Crippen molar-refractivity contribution in [2.45, 2.75) is 127 Å². The number of carbonyl (C=O) groups excluding carboxylic acids is 9. The number of hydrogen-bond acceptors (Lipinski definition) is 11. The molecule has 1 aliphatic heterocycles. The van der Waals surface area contributed by atoms with Crippen LogP contribution in [-0.4, -0.2) is 124 Å². The number of benzene rings is 3. The zero-order chi connectivity index (χ0) is 53.6. The summed E-state index contributed by atoms with van der Waals surface area (Å²) in [7, 11) is 0. The summed E-state index contributed by atoms with van der Waals surface area (Å²) in [6, 6.07) is 12.6. The Labute approximate surface area is 428 Å². The SMILES string of the molecule is CCCC[C@H](NC(C)=O)C(=O)N[C@H]1CCC(=O)NCC[C@@H](C(=O)N[C@@H](Cc2ccc3ccccc3c2)C(N)=O)NC(=O)[C@H](CCCN=C(N)N)NC(=O)[C@@H](Cc2ccccc2)NC(=O)[C@H](Cc2cnc[nH]2)NC1=O. The van der Waals surface area contributed by atoms with Crippen LogP contribution in [0.1, 0.15) is 82.0 Å². The van der Waals surface area contributed by atoms with E-state index in [2.05, 4.69) is 57.5 Å². The summed E-state index contributed by atoms with van der Waals surface area (Å²) in [4.78, 5) is 135. The lowest BCUT2D eigenvalue weighted by Gasteiger charge is -2.28. The standard InChI is InChI=1S/C51H68N14O9/c1-3-4-15-36(59-30(2)66)45(69)61-38-19-20-43(67)56-23-21-39(48(72)63-40(44(52)68)26-32-17-18-33-13-8-9-14-34(33)24-32)62-46(70)37(16-10-22-57-51(53)54)60-49(73)41(25-31-11-6-5-7-12-31)64-50(74)42(65-47(38)71)27-35-28-55-29-58-35/h5-9,11-14,17-18,24,28-29,36-42H,3-4,10,15-16,19-23,25-27H2,1-2H3,(H2,52,68)(H,55,58)(H,56,67)(H,59,66)(H,60,73)(H,61,69)(H,62,70)(H,63,72)(H,64,74)(H,65,71)(H4,53,54,57)/t36-,37-,38-,39-,40-,41+,42-/m0/s1. The number of guanidine groups is 1. The highest BCUT2D eigenvalue weighted by atomic mass is 16.2. The van der Waals surface area contributed by atoms with Crippen molar-refractivity contribution in [1.82, 2.24) is 52.5 Å². The van der Waals surface area contributed by atoms with Crippen molar-refractivity contribution in [3.8, 4) is 0 Å². The molecule has 74 heavy (non-hydrogen) atoms. The molecule has 7 atom stereocenters. The number of aliphatic imine (C=N–C) groups is 1. The summed E-state index contributed by atoms with van der Waals surface area (Å²) in [5.41, 5.74) is 18.7. The number of imidazole rings is 1. The number of carbonyl (C=O) groups is 9. The summed E-state index contributed by atoms with van der Waals surface area (Å²) in [6.45, 7) is 2.99. The summed E-state index contributed by atoms with van der Waals surface area (Å²) < 4.78 is 0. The van der Waals surface area contributed by atoms with Crippen LogP contribution in [0.2, 0.25) is 0 Å². The fourth-order valence-electron chi connectivity index (χ4n) is 8.29. The van der Waals surface area contributed by atoms with E-state index in [1.54, 1.807) is 36.4 Å². The molecule has 15 N–H and O–H groups in total. The van der Waals surface area contributed by atoms with Gasteiger partial charge in [-0.1, -0.05) is 92.6 Å². The number of aromatic nitrogens is 2. The van der Waals surface area contributed by atoms with Crippen LogP contribution in [0, 0.1) is 0 Å². The van der Waals surface area contributed by atoms with Crippen LogP contribution in [0.5, 0.6) is 0 Å². The molecule has 1 saturated heterocycles. The Hall–Kier alpha value is -8.37. The number of nitrogens with two attached hydrogens (primary N) is 3. The highest BCUT2D eigenvalue weighted by Gasteiger charge is 2.35. The van der Waals surface area contributed by atoms with E-state index in [9.17, 15) is 43.2 Å². The molecule has 396 valence electrons. The smallest absolute Gasteiger partial charge is 0.243 e. The van der Waals surface area contributed by atoms with Gasteiger partial charge >= 0.3 is 0 Å². The minimum absolute atomic E-state index is 0.000495. The van der Waals surface area contributed by atoms with Gasteiger partial charge in [-0.25, -0.2) is 4.98 Å². The van der Waals surface area contributed by atoms with Gasteiger partial charge in [-0.2, -0.15) is 0 Å². The molecule has 1 fully saturated rings. The average molecular weight is 1020 g/mol. The Morgan fingerprint density at radius 2 is 1.42 bits per heavy atom. The zero-order valence-electron chi connectivity index (χ0n) is 41.6. The number of nitrogens with zero attached hydrogens (tertiary/aromatic N) is 2. The number of aromatic amines is 1. The van der Waals surface area contributed by atoms with Gasteiger partial charge in [0.1, 0.15) is 42.3 Å². The largest absolute Gasteiger partial charge is 0.370 e. The molecule has 23 heteroatoms. The van der Waals surface area contributed by atoms with Crippen molar-refractivity contribution < 1.29 is 43.2 Å². The molecule has 1 aliphatic rings. The van der Waals surface area contributed by atoms with Crippen molar-refractivity contribution in [3.63, 3.8) is 0 Å². The monoisotopic (exact) mass is 1020 g/mol. The van der Waals surface area contributed by atoms with E-state index in [0.717, 1.165) is 10.8 Å². The van der Waals surface area contributed by atoms with Crippen molar-refractivity contribution in [2.24, 2.45) is 22.2 Å². The quantitative estimate of drug-likeness (QED) is 0.0307. The van der Waals surface area contributed by atoms with Crippen LogP contribution in [0.4, 0.5) is 0 Å². The van der Waals surface area contributed by atoms with E-state index >= 15 is 0 Å². The van der Waals surface area contributed by atoms with Gasteiger partial charge in [0.15, 0.2) is 5.96 Å². The molecular formula is C51H68N14O9. The van der Waals surface area contributed by atoms with Crippen molar-refractivity contribution in [1.29, 1.82) is 0 Å². The second-order valence-electron chi connectivity index (χ2n) is 18.1. The molecule has 1 aromatic heterocycles. The average Bonchev–Trinajstić information content (AvgIpc) is 3.89. The molecule has 9 amide bonds. The van der Waals surface area contributed by atoms with E-state index < -0.39 is 95.5 Å². The first kappa shape index (κ1) is 56.5. The minimum Gasteiger partial charge on any atom is -0.370 e. The molecule has 3 aromatic carbocycles. The highest BCUT2D eigenvalue weighted by molar-refractivity contribution is 5.98. The molecule has 2 heterocycles. The van der Waals surface area contributed by atoms with Gasteiger partial charge in [0.05, 0.1) is 6.33 Å². The van der Waals surface area contributed by atoms with E-state index in [4.69, 9.17) is 17.2 Å². The number of nitrogens with one attached hydrogen (secondary N) is 9. The fraction of sp³-hybridized carbons (Fsp3) is 0.431. The van der Waals surface area contributed by atoms with Crippen molar-refractivity contribution in [3.05, 3.63) is 102 Å². The molecule has 4 aromatic rings. The number of primary amides is 1. The first-order chi connectivity index (χ1) is 35.5. The lowest BCUT2D eigenvalue weighted by molar-refractivity contribution is -0.135. The third-order valence-electron chi connectivity index (χ3n) is 12.2. The Morgan fingerprint density at radius 1 is 0.743 bits per heavy atom. The maximum atomic E-state index is 14.6. The van der Waals surface area contributed by atoms with E-state index in [1.165, 1.54) is 19.4 Å². The van der Waals surface area contributed by atoms with Crippen molar-refractivity contribution >= 4 is 69.9 Å². The Kier molecular flexibility index (Phi) is 21.9. The number of hydrogen-bond donors (Lipinski definition) is 12. The predicted molar refractivity (Wildman–Crippen MR) is 275 cm³/mol. The van der Waals surface area contributed by atoms with Gasteiger partial charge in [-0.05, 0) is 54.0 Å². The molecule has 0 saturated carbocycles. The zero-order valence-corrected chi connectivity index (χ0v) is 41.6. The predicted octanol–water partition coefficient (Wildman–Crippen LogP) is -0.967. The third-order valence-corrected chi connectivity index (χ3v) is 12.2. The highest BCUT2D eigenvalue weighted by Crippen LogP contribution is 2.17. The van der Waals surface area contributed by atoms with Crippen LogP contribution >= 0.6 is 0 Å². The number of unbranched alkanes of at least 4 members (excludes halogenated alkanes) is 1. The molecule has 0 aliphatic carbocycles. The number of amides is 9. The van der Waals surface area contributed by atoms with Crippen molar-refractivity contribution in [2.75, 3.05) is 13.1 Å². The normalized spacial score (nSPS) is 20.0. The van der Waals surface area contributed by atoms with Gasteiger partial charge in [0.2, 0.25) is 53.2 Å². The van der Waals surface area contributed by atoms with Gasteiger partial charge in [-0.3, -0.25) is 48.1 Å². The van der Waals surface area contributed by atoms with E-state index in [0.29, 0.717) is 29.7 Å². The van der Waals surface area contributed by atoms with Gasteiger partial charge in [0, 0.05) is 57.6 Å². The number of fused-ring (bicyclic) bond motifs is 1. The first-order valence-electron chi connectivity index (χ1n) is 24.7. The van der Waals surface area contributed by atoms with Crippen LogP contribution in [0.25, 0.3) is 10.8 Å². The molecule has 23 nitrogen and oxygen atoms in total. The summed E-state index contributed by atoms with van der Waals surface area (Å²) in [5.74, 6) is -7.02. The number of H-pyrrole nitrogens is 1. The fourth-order valence-corrected chi connectivity index (χ4v) is 8.29. The van der Waals surface area contributed by atoms with Gasteiger partial charge < -0.3 is 64.7 Å². The topological polar surface area (TPSA) is 369 Å². The Bertz CT molecular complexity index is 2610. The summed E-state index contributed by atoms with van der Waals surface area (Å²) in [6.07, 6.45) is 3.28. The van der Waals surface area contributed by atoms with Crippen LogP contribution < -0.4 is 59.7 Å². The molecule has 0 radical (unpaired) electrons. The van der Waals surface area contributed by atoms with E-state index in [1.807, 2.05) is 43.3 Å². The second-order valence-corrected chi connectivity index (χ2v) is 18.1. The molecule has 0 unspecified atom stereocenters. The number of rotatable bonds is 19. The summed E-state index contributed by atoms with van der Waals surface area (Å²) in [5, 5.41) is 23.4. The van der Waals surface area contributed by atoms with Crippen LogP contribution in [0.15, 0.2) is 90.3 Å². The maximum Gasteiger partial charge on any atom is 0.243 e. The van der Waals surface area contributed by atoms with Crippen LogP contribution in [0.3, 0.4) is 0 Å². The first-order valence-corrected chi connectivity index (χ1v) is 24.7. The summed E-state index contributed by atoms with van der Waals surface area (Å²) >= 11 is 0. The van der Waals surface area contributed by atoms with Gasteiger partial charge in [0.25, 0.3) is 0 Å². The van der Waals surface area contributed by atoms with E-state index in [-0.39, 0.29) is 76.8 Å². The Balaban J connectivity index is 1.52. The maximum absolute atomic E-state index is 14.6. The molecule has 0 spiro atoms. The second kappa shape index (κ2) is 28.6. The molecule has 5 rings (SSSR count). The minimum atomic E-state index is -1.44. The van der Waals surface area contributed by atoms with Crippen LogP contribution in [-0.2, 0) is 62.4 Å². The Morgan fingerprint density at radius 3 is 2.09 bits per heavy atom. The molecule has 0 bridgehead atoms. The lowest BCUT2D eigenvalue weighted by Crippen LogP contribution is -2.60. The van der Waals surface area contributed by atoms with Gasteiger partial charge in [-0.15, -0.1) is 0 Å². The lowest BCUT2D eigenvalue weighted by atomic mass is 10.0.